The Morgan fingerprint density at radius 3 is 2.78 bits per heavy atom. The third kappa shape index (κ3) is 3.17. The van der Waals surface area contributed by atoms with Crippen LogP contribution in [0.3, 0.4) is 0 Å². The average Bonchev–Trinajstić information content (AvgIpc) is 2.83. The molecule has 0 bridgehead atoms. The Labute approximate surface area is 111 Å². The van der Waals surface area contributed by atoms with Crippen molar-refractivity contribution in [2.45, 2.75) is 13.3 Å². The quantitative estimate of drug-likeness (QED) is 0.847. The van der Waals surface area contributed by atoms with Gasteiger partial charge in [0.25, 0.3) is 5.91 Å². The van der Waals surface area contributed by atoms with E-state index in [9.17, 15) is 4.79 Å². The van der Waals surface area contributed by atoms with E-state index in [1.54, 1.807) is 11.1 Å². The van der Waals surface area contributed by atoms with Crippen LogP contribution in [-0.2, 0) is 6.42 Å². The summed E-state index contributed by atoms with van der Waals surface area (Å²) in [6.07, 6.45) is 2.56. The Morgan fingerprint density at radius 1 is 1.33 bits per heavy atom. The van der Waals surface area contributed by atoms with Crippen molar-refractivity contribution in [3.8, 4) is 0 Å². The average molecular weight is 260 g/mol. The van der Waals surface area contributed by atoms with E-state index in [0.717, 1.165) is 21.9 Å². The lowest BCUT2D eigenvalue weighted by Crippen LogP contribution is -2.28. The van der Waals surface area contributed by atoms with Gasteiger partial charge in [0.1, 0.15) is 0 Å². The van der Waals surface area contributed by atoms with Gasteiger partial charge in [0.05, 0.1) is 4.88 Å². The van der Waals surface area contributed by atoms with E-state index >= 15 is 0 Å². The summed E-state index contributed by atoms with van der Waals surface area (Å²) < 4.78 is 0. The lowest BCUT2D eigenvalue weighted by molar-refractivity contribution is 0.0801. The fourth-order valence-electron chi connectivity index (χ4n) is 1.67. The molecule has 0 N–H and O–H groups in total. The molecular formula is C14H16N2OS. The van der Waals surface area contributed by atoms with Gasteiger partial charge in [-0.1, -0.05) is 6.07 Å². The van der Waals surface area contributed by atoms with Gasteiger partial charge in [-0.15, -0.1) is 11.3 Å². The minimum absolute atomic E-state index is 0.0871. The minimum Gasteiger partial charge on any atom is -0.341 e. The molecule has 3 nitrogen and oxygen atoms in total. The highest BCUT2D eigenvalue weighted by Crippen LogP contribution is 2.16. The third-order valence-electron chi connectivity index (χ3n) is 2.73. The summed E-state index contributed by atoms with van der Waals surface area (Å²) in [6.45, 7) is 2.70. The van der Waals surface area contributed by atoms with E-state index in [0.29, 0.717) is 6.54 Å². The Morgan fingerprint density at radius 2 is 2.17 bits per heavy atom. The van der Waals surface area contributed by atoms with Crippen LogP contribution in [0.5, 0.6) is 0 Å². The molecule has 0 aliphatic carbocycles. The molecule has 0 spiro atoms. The summed E-state index contributed by atoms with van der Waals surface area (Å²) >= 11 is 1.54. The summed E-state index contributed by atoms with van der Waals surface area (Å²) in [4.78, 5) is 20.1. The number of rotatable bonds is 4. The van der Waals surface area contributed by atoms with Crippen molar-refractivity contribution in [1.29, 1.82) is 0 Å². The minimum atomic E-state index is 0.0871. The first-order valence-electron chi connectivity index (χ1n) is 5.88. The maximum absolute atomic E-state index is 12.1. The molecule has 0 aliphatic heterocycles. The molecule has 2 rings (SSSR count). The summed E-state index contributed by atoms with van der Waals surface area (Å²) in [5.74, 6) is 0.0871. The van der Waals surface area contributed by atoms with Crippen LogP contribution in [-0.4, -0.2) is 29.4 Å². The smallest absolute Gasteiger partial charge is 0.263 e. The first-order valence-corrected chi connectivity index (χ1v) is 6.70. The number of nitrogens with zero attached hydrogens (tertiary/aromatic N) is 2. The van der Waals surface area contributed by atoms with Gasteiger partial charge >= 0.3 is 0 Å². The zero-order chi connectivity index (χ0) is 13.0. The van der Waals surface area contributed by atoms with E-state index in [1.807, 2.05) is 44.3 Å². The number of hydrogen-bond acceptors (Lipinski definition) is 3. The molecule has 94 valence electrons. The molecule has 0 aromatic carbocycles. The topological polar surface area (TPSA) is 33.2 Å². The Hall–Kier alpha value is -1.68. The van der Waals surface area contributed by atoms with Gasteiger partial charge in [0.15, 0.2) is 0 Å². The number of likely N-dealkylation sites (N-methyl/N-ethyl adjacent to an activating group) is 1. The first kappa shape index (κ1) is 12.8. The summed E-state index contributed by atoms with van der Waals surface area (Å²) in [7, 11) is 1.83. The zero-order valence-electron chi connectivity index (χ0n) is 10.6. The third-order valence-corrected chi connectivity index (χ3v) is 3.72. The summed E-state index contributed by atoms with van der Waals surface area (Å²) in [5.41, 5.74) is 1.01. The second kappa shape index (κ2) is 5.78. The van der Waals surface area contributed by atoms with Crippen molar-refractivity contribution < 1.29 is 4.79 Å². The number of pyridine rings is 1. The van der Waals surface area contributed by atoms with Crippen molar-refractivity contribution in [2.75, 3.05) is 13.6 Å². The van der Waals surface area contributed by atoms with Crippen LogP contribution in [0.1, 0.15) is 20.2 Å². The van der Waals surface area contributed by atoms with Crippen molar-refractivity contribution in [3.05, 3.63) is 52.0 Å². The van der Waals surface area contributed by atoms with E-state index in [-0.39, 0.29) is 5.91 Å². The second-order valence-corrected chi connectivity index (χ2v) is 5.50. The zero-order valence-corrected chi connectivity index (χ0v) is 11.4. The highest BCUT2D eigenvalue weighted by molar-refractivity contribution is 7.13. The molecule has 0 atom stereocenters. The Kier molecular flexibility index (Phi) is 4.10. The van der Waals surface area contributed by atoms with Crippen molar-refractivity contribution in [1.82, 2.24) is 9.88 Å². The molecule has 1 amide bonds. The van der Waals surface area contributed by atoms with Crippen LogP contribution >= 0.6 is 11.3 Å². The SMILES string of the molecule is Cc1ccc(C(=O)N(C)CCc2ccccn2)s1. The Balaban J connectivity index is 1.92. The van der Waals surface area contributed by atoms with Crippen LogP contribution in [0.4, 0.5) is 0 Å². The normalized spacial score (nSPS) is 10.3. The second-order valence-electron chi connectivity index (χ2n) is 4.21. The van der Waals surface area contributed by atoms with Gasteiger partial charge in [0.2, 0.25) is 0 Å². The maximum Gasteiger partial charge on any atom is 0.263 e. The predicted octanol–water partition coefficient (Wildman–Crippen LogP) is 2.77. The molecule has 0 aliphatic rings. The summed E-state index contributed by atoms with van der Waals surface area (Å²) in [5, 5.41) is 0. The van der Waals surface area contributed by atoms with E-state index in [2.05, 4.69) is 4.98 Å². The summed E-state index contributed by atoms with van der Waals surface area (Å²) in [6, 6.07) is 9.71. The van der Waals surface area contributed by atoms with Crippen LogP contribution < -0.4 is 0 Å². The largest absolute Gasteiger partial charge is 0.341 e. The molecule has 4 heteroatoms. The number of hydrogen-bond donors (Lipinski definition) is 0. The maximum atomic E-state index is 12.1. The highest BCUT2D eigenvalue weighted by atomic mass is 32.1. The molecule has 0 saturated heterocycles. The van der Waals surface area contributed by atoms with Gasteiger partial charge in [-0.3, -0.25) is 9.78 Å². The molecule has 2 heterocycles. The molecule has 2 aromatic heterocycles. The van der Waals surface area contributed by atoms with Gasteiger partial charge in [-0.2, -0.15) is 0 Å². The van der Waals surface area contributed by atoms with Gasteiger partial charge in [-0.25, -0.2) is 0 Å². The molecule has 2 aromatic rings. The fraction of sp³-hybridized carbons (Fsp3) is 0.286. The van der Waals surface area contributed by atoms with Crippen LogP contribution in [0.25, 0.3) is 0 Å². The Bertz CT molecular complexity index is 522. The number of amides is 1. The van der Waals surface area contributed by atoms with E-state index in [4.69, 9.17) is 0 Å². The van der Waals surface area contributed by atoms with Crippen LogP contribution in [0, 0.1) is 6.92 Å². The number of thiophene rings is 1. The molecular weight excluding hydrogens is 244 g/mol. The number of carbonyl (C=O) groups excluding carboxylic acids is 1. The molecule has 0 unspecified atom stereocenters. The predicted molar refractivity (Wildman–Crippen MR) is 74.0 cm³/mol. The van der Waals surface area contributed by atoms with Gasteiger partial charge < -0.3 is 4.90 Å². The van der Waals surface area contributed by atoms with Crippen molar-refractivity contribution in [2.24, 2.45) is 0 Å². The molecule has 18 heavy (non-hydrogen) atoms. The van der Waals surface area contributed by atoms with Crippen LogP contribution in [0.2, 0.25) is 0 Å². The molecule has 0 radical (unpaired) electrons. The highest BCUT2D eigenvalue weighted by Gasteiger charge is 2.13. The van der Waals surface area contributed by atoms with Gasteiger partial charge in [-0.05, 0) is 31.2 Å². The number of aromatic nitrogens is 1. The molecule has 0 fully saturated rings. The first-order chi connectivity index (χ1) is 8.66. The van der Waals surface area contributed by atoms with E-state index in [1.165, 1.54) is 11.3 Å². The lowest BCUT2D eigenvalue weighted by atomic mass is 10.2. The van der Waals surface area contributed by atoms with E-state index < -0.39 is 0 Å². The molecule has 0 saturated carbocycles. The number of aryl methyl sites for hydroxylation is 1. The van der Waals surface area contributed by atoms with Crippen molar-refractivity contribution in [3.63, 3.8) is 0 Å². The lowest BCUT2D eigenvalue weighted by Gasteiger charge is -2.15. The van der Waals surface area contributed by atoms with Gasteiger partial charge in [0, 0.05) is 36.8 Å². The standard InChI is InChI=1S/C14H16N2OS/c1-11-6-7-13(18-11)14(17)16(2)10-8-12-5-3-4-9-15-12/h3-7,9H,8,10H2,1-2H3. The van der Waals surface area contributed by atoms with Crippen LogP contribution in [0.15, 0.2) is 36.5 Å². The van der Waals surface area contributed by atoms with Crippen molar-refractivity contribution >= 4 is 17.2 Å². The monoisotopic (exact) mass is 260 g/mol. The number of carbonyl (C=O) groups is 1. The fourth-order valence-corrected chi connectivity index (χ4v) is 2.53.